The van der Waals surface area contributed by atoms with Gasteiger partial charge in [-0.05, 0) is 12.8 Å². The Balaban J connectivity index is 2.22. The van der Waals surface area contributed by atoms with Crippen LogP contribution in [0.1, 0.15) is 25.7 Å². The molecule has 0 aliphatic heterocycles. The summed E-state index contributed by atoms with van der Waals surface area (Å²) >= 11 is 0. The van der Waals surface area contributed by atoms with Gasteiger partial charge in [-0.1, -0.05) is 6.08 Å². The minimum Gasteiger partial charge on any atom is -0.465 e. The summed E-state index contributed by atoms with van der Waals surface area (Å²) in [6.07, 6.45) is 5.38. The van der Waals surface area contributed by atoms with Crippen molar-refractivity contribution in [3.63, 3.8) is 0 Å². The van der Waals surface area contributed by atoms with E-state index >= 15 is 0 Å². The lowest BCUT2D eigenvalue weighted by atomic mass is 10.1. The third-order valence-electron chi connectivity index (χ3n) is 2.31. The molecule has 0 aromatic rings. The van der Waals surface area contributed by atoms with Crippen LogP contribution >= 0.6 is 0 Å². The monoisotopic (exact) mass is 207 g/mol. The Kier molecular flexibility index (Phi) is 4.55. The fourth-order valence-corrected chi connectivity index (χ4v) is 1.53. The smallest absolute Gasteiger partial charge is 0.316 e. The number of rotatable bonds is 4. The Labute approximate surface area is 88.5 Å². The summed E-state index contributed by atoms with van der Waals surface area (Å²) in [6.45, 7) is 0.237. The zero-order chi connectivity index (χ0) is 11.1. The number of carbonyl (C=O) groups is 2. The molecule has 0 amide bonds. The molecule has 0 N–H and O–H groups in total. The highest BCUT2D eigenvalue weighted by Gasteiger charge is 2.31. The number of ether oxygens (including phenoxy) is 1. The zero-order valence-electron chi connectivity index (χ0n) is 8.44. The summed E-state index contributed by atoms with van der Waals surface area (Å²) in [5, 5.41) is 8.19. The van der Waals surface area contributed by atoms with E-state index in [1.54, 1.807) is 6.08 Å². The average molecular weight is 207 g/mol. The first kappa shape index (κ1) is 11.4. The molecule has 4 nitrogen and oxygen atoms in total. The maximum absolute atomic E-state index is 11.4. The van der Waals surface area contributed by atoms with Crippen molar-refractivity contribution in [3.05, 3.63) is 12.2 Å². The van der Waals surface area contributed by atoms with E-state index in [0.717, 1.165) is 6.42 Å². The minimum atomic E-state index is -0.537. The molecule has 1 saturated carbocycles. The van der Waals surface area contributed by atoms with Crippen molar-refractivity contribution in [1.29, 1.82) is 5.26 Å². The van der Waals surface area contributed by atoms with Gasteiger partial charge in [-0.2, -0.15) is 5.26 Å². The van der Waals surface area contributed by atoms with Gasteiger partial charge in [0.2, 0.25) is 0 Å². The molecule has 1 fully saturated rings. The summed E-state index contributed by atoms with van der Waals surface area (Å²) in [4.78, 5) is 22.5. The van der Waals surface area contributed by atoms with Crippen LogP contribution in [0.15, 0.2) is 12.2 Å². The first-order valence-electron chi connectivity index (χ1n) is 4.99. The van der Waals surface area contributed by atoms with Gasteiger partial charge in [-0.25, -0.2) is 0 Å². The highest BCUT2D eigenvalue weighted by Crippen LogP contribution is 2.22. The lowest BCUT2D eigenvalue weighted by molar-refractivity contribution is -0.150. The van der Waals surface area contributed by atoms with Gasteiger partial charge in [0, 0.05) is 18.9 Å². The highest BCUT2D eigenvalue weighted by atomic mass is 16.5. The molecule has 0 aromatic heterocycles. The Bertz CT molecular complexity index is 314. The highest BCUT2D eigenvalue weighted by molar-refractivity contribution is 6.00. The number of esters is 1. The van der Waals surface area contributed by atoms with E-state index < -0.39 is 11.9 Å². The number of nitriles is 1. The van der Waals surface area contributed by atoms with Crippen molar-refractivity contribution in [1.82, 2.24) is 0 Å². The number of Topliss-reactive ketones (excluding diaryl/α,β-unsaturated/α-hetero) is 1. The Hall–Kier alpha value is -1.63. The standard InChI is InChI=1S/C11H13NO3/c12-7-2-1-3-8-15-11(14)9-5-4-6-10(9)13/h1-2,9H,3-6,8H2/b2-1+. The molecule has 80 valence electrons. The second-order valence-corrected chi connectivity index (χ2v) is 3.40. The molecule has 0 radical (unpaired) electrons. The van der Waals surface area contributed by atoms with Crippen molar-refractivity contribution in [3.8, 4) is 6.07 Å². The number of carbonyl (C=O) groups excluding carboxylic acids is 2. The van der Waals surface area contributed by atoms with E-state index in [1.807, 2.05) is 6.07 Å². The van der Waals surface area contributed by atoms with Gasteiger partial charge in [0.15, 0.2) is 0 Å². The summed E-state index contributed by atoms with van der Waals surface area (Å²) in [5.41, 5.74) is 0. The Morgan fingerprint density at radius 3 is 3.07 bits per heavy atom. The predicted octanol–water partition coefficient (Wildman–Crippen LogP) is 1.37. The van der Waals surface area contributed by atoms with Gasteiger partial charge in [0.05, 0.1) is 12.7 Å². The molecule has 1 aliphatic carbocycles. The molecule has 0 bridgehead atoms. The van der Waals surface area contributed by atoms with E-state index in [-0.39, 0.29) is 12.4 Å². The fraction of sp³-hybridized carbons (Fsp3) is 0.545. The molecule has 0 saturated heterocycles. The van der Waals surface area contributed by atoms with Crippen LogP contribution < -0.4 is 0 Å². The molecule has 1 unspecified atom stereocenters. The van der Waals surface area contributed by atoms with Crippen LogP contribution in [0.4, 0.5) is 0 Å². The van der Waals surface area contributed by atoms with Crippen LogP contribution in [-0.4, -0.2) is 18.4 Å². The third-order valence-corrected chi connectivity index (χ3v) is 2.31. The maximum Gasteiger partial charge on any atom is 0.316 e. The second-order valence-electron chi connectivity index (χ2n) is 3.40. The first-order chi connectivity index (χ1) is 7.25. The molecule has 1 rings (SSSR count). The first-order valence-corrected chi connectivity index (χ1v) is 4.99. The van der Waals surface area contributed by atoms with E-state index in [2.05, 4.69) is 0 Å². The summed E-state index contributed by atoms with van der Waals surface area (Å²) < 4.78 is 4.92. The van der Waals surface area contributed by atoms with Gasteiger partial charge in [-0.15, -0.1) is 0 Å². The SMILES string of the molecule is N#C/C=C/CCOC(=O)C1CCCC1=O. The molecule has 0 heterocycles. The normalized spacial score (nSPS) is 20.5. The largest absolute Gasteiger partial charge is 0.465 e. The van der Waals surface area contributed by atoms with Crippen LogP contribution in [0.5, 0.6) is 0 Å². The van der Waals surface area contributed by atoms with Crippen LogP contribution in [-0.2, 0) is 14.3 Å². The molecule has 15 heavy (non-hydrogen) atoms. The second kappa shape index (κ2) is 5.97. The van der Waals surface area contributed by atoms with Crippen LogP contribution in [0.3, 0.4) is 0 Å². The number of hydrogen-bond donors (Lipinski definition) is 0. The topological polar surface area (TPSA) is 67.2 Å². The van der Waals surface area contributed by atoms with Crippen molar-refractivity contribution in [2.45, 2.75) is 25.7 Å². The van der Waals surface area contributed by atoms with E-state index in [9.17, 15) is 9.59 Å². The van der Waals surface area contributed by atoms with Gasteiger partial charge >= 0.3 is 5.97 Å². The molecule has 4 heteroatoms. The molecular formula is C11H13NO3. The van der Waals surface area contributed by atoms with Crippen molar-refractivity contribution >= 4 is 11.8 Å². The zero-order valence-corrected chi connectivity index (χ0v) is 8.44. The third kappa shape index (κ3) is 3.55. The average Bonchev–Trinajstić information content (AvgIpc) is 2.64. The van der Waals surface area contributed by atoms with E-state index in [4.69, 9.17) is 10.00 Å². The van der Waals surface area contributed by atoms with Crippen LogP contribution in [0.25, 0.3) is 0 Å². The molecule has 1 atom stereocenters. The van der Waals surface area contributed by atoms with Gasteiger partial charge < -0.3 is 4.74 Å². The molecule has 0 aromatic carbocycles. The quantitative estimate of drug-likeness (QED) is 0.302. The summed E-state index contributed by atoms with van der Waals surface area (Å²) in [7, 11) is 0. The fourth-order valence-electron chi connectivity index (χ4n) is 1.53. The molecule has 0 spiro atoms. The Morgan fingerprint density at radius 1 is 1.67 bits per heavy atom. The van der Waals surface area contributed by atoms with Gasteiger partial charge in [-0.3, -0.25) is 9.59 Å². The van der Waals surface area contributed by atoms with Crippen LogP contribution in [0, 0.1) is 17.2 Å². The van der Waals surface area contributed by atoms with E-state index in [0.29, 0.717) is 19.3 Å². The van der Waals surface area contributed by atoms with Gasteiger partial charge in [0.25, 0.3) is 0 Å². The van der Waals surface area contributed by atoms with Crippen molar-refractivity contribution in [2.75, 3.05) is 6.61 Å². The minimum absolute atomic E-state index is 0.00688. The maximum atomic E-state index is 11.4. The summed E-state index contributed by atoms with van der Waals surface area (Å²) in [6, 6.07) is 1.84. The number of nitrogens with zero attached hydrogens (tertiary/aromatic N) is 1. The van der Waals surface area contributed by atoms with Crippen LogP contribution in [0.2, 0.25) is 0 Å². The number of hydrogen-bond acceptors (Lipinski definition) is 4. The lowest BCUT2D eigenvalue weighted by Crippen LogP contribution is -2.21. The van der Waals surface area contributed by atoms with Crippen molar-refractivity contribution in [2.24, 2.45) is 5.92 Å². The number of ketones is 1. The Morgan fingerprint density at radius 2 is 2.47 bits per heavy atom. The molecular weight excluding hydrogens is 194 g/mol. The predicted molar refractivity (Wildman–Crippen MR) is 52.7 cm³/mol. The number of allylic oxidation sites excluding steroid dienone is 1. The summed E-state index contributed by atoms with van der Waals surface area (Å²) in [5.74, 6) is -0.958. The lowest BCUT2D eigenvalue weighted by Gasteiger charge is -2.07. The van der Waals surface area contributed by atoms with Crippen molar-refractivity contribution < 1.29 is 14.3 Å². The molecule has 1 aliphatic rings. The van der Waals surface area contributed by atoms with Gasteiger partial charge in [0.1, 0.15) is 11.7 Å². The van der Waals surface area contributed by atoms with E-state index in [1.165, 1.54) is 6.08 Å².